The summed E-state index contributed by atoms with van der Waals surface area (Å²) in [5.41, 5.74) is 4.18. The second-order valence-electron chi connectivity index (χ2n) is 6.60. The molecule has 25 heavy (non-hydrogen) atoms. The predicted molar refractivity (Wildman–Crippen MR) is 98.5 cm³/mol. The van der Waals surface area contributed by atoms with Crippen LogP contribution in [-0.4, -0.2) is 51.9 Å². The highest BCUT2D eigenvalue weighted by atomic mass is 16.2. The van der Waals surface area contributed by atoms with Gasteiger partial charge in [0.05, 0.1) is 5.56 Å². The minimum absolute atomic E-state index is 0.0924. The monoisotopic (exact) mass is 334 g/mol. The number of pyridine rings is 1. The first-order chi connectivity index (χ1) is 12.2. The van der Waals surface area contributed by atoms with E-state index in [0.29, 0.717) is 0 Å². The lowest BCUT2D eigenvalue weighted by Gasteiger charge is -2.35. The molecule has 1 N–H and O–H groups in total. The van der Waals surface area contributed by atoms with Gasteiger partial charge in [-0.25, -0.2) is 4.98 Å². The summed E-state index contributed by atoms with van der Waals surface area (Å²) in [4.78, 5) is 24.6. The molecule has 1 saturated heterocycles. The van der Waals surface area contributed by atoms with Crippen LogP contribution >= 0.6 is 0 Å². The van der Waals surface area contributed by atoms with Gasteiger partial charge in [-0.2, -0.15) is 0 Å². The summed E-state index contributed by atoms with van der Waals surface area (Å²) in [5, 5.41) is 0.898. The van der Waals surface area contributed by atoms with Crippen LogP contribution in [0, 0.1) is 6.92 Å². The molecular weight excluding hydrogens is 312 g/mol. The van der Waals surface area contributed by atoms with Gasteiger partial charge in [-0.05, 0) is 30.2 Å². The van der Waals surface area contributed by atoms with Crippen molar-refractivity contribution in [3.63, 3.8) is 0 Å². The van der Waals surface area contributed by atoms with Gasteiger partial charge in [-0.15, -0.1) is 0 Å². The summed E-state index contributed by atoms with van der Waals surface area (Å²) in [6, 6.07) is 12.3. The number of rotatable bonds is 3. The van der Waals surface area contributed by atoms with Crippen LogP contribution in [0.3, 0.4) is 0 Å². The van der Waals surface area contributed by atoms with E-state index in [0.717, 1.165) is 49.3 Å². The van der Waals surface area contributed by atoms with Crippen LogP contribution in [0.5, 0.6) is 0 Å². The zero-order valence-corrected chi connectivity index (χ0v) is 14.4. The fraction of sp³-hybridized carbons (Fsp3) is 0.300. The number of H-pyrrole nitrogens is 1. The Kier molecular flexibility index (Phi) is 4.24. The summed E-state index contributed by atoms with van der Waals surface area (Å²) < 4.78 is 0. The smallest absolute Gasteiger partial charge is 0.256 e. The number of amides is 1. The molecule has 5 heteroatoms. The zero-order valence-electron chi connectivity index (χ0n) is 14.4. The molecule has 1 aliphatic heterocycles. The first-order valence-electron chi connectivity index (χ1n) is 8.70. The van der Waals surface area contributed by atoms with Crippen molar-refractivity contribution in [1.82, 2.24) is 19.8 Å². The molecule has 2 aromatic heterocycles. The average molecular weight is 334 g/mol. The molecule has 3 aromatic rings. The highest BCUT2D eigenvalue weighted by Gasteiger charge is 2.24. The van der Waals surface area contributed by atoms with E-state index in [4.69, 9.17) is 0 Å². The van der Waals surface area contributed by atoms with E-state index < -0.39 is 0 Å². The maximum absolute atomic E-state index is 12.9. The van der Waals surface area contributed by atoms with Gasteiger partial charge in [0.25, 0.3) is 5.91 Å². The van der Waals surface area contributed by atoms with Crippen LogP contribution < -0.4 is 0 Å². The van der Waals surface area contributed by atoms with Crippen LogP contribution in [0.15, 0.2) is 48.8 Å². The van der Waals surface area contributed by atoms with Gasteiger partial charge in [-0.3, -0.25) is 9.69 Å². The molecule has 0 atom stereocenters. The maximum Gasteiger partial charge on any atom is 0.256 e. The Balaban J connectivity index is 1.42. The van der Waals surface area contributed by atoms with Crippen LogP contribution in [0.2, 0.25) is 0 Å². The van der Waals surface area contributed by atoms with Gasteiger partial charge in [0.15, 0.2) is 0 Å². The fourth-order valence-corrected chi connectivity index (χ4v) is 3.44. The molecule has 0 spiro atoms. The van der Waals surface area contributed by atoms with Crippen molar-refractivity contribution in [3.05, 3.63) is 65.5 Å². The Morgan fingerprint density at radius 3 is 2.72 bits per heavy atom. The summed E-state index contributed by atoms with van der Waals surface area (Å²) in [7, 11) is 0. The van der Waals surface area contributed by atoms with Crippen LogP contribution in [0.4, 0.5) is 0 Å². The third-order valence-electron chi connectivity index (χ3n) is 5.00. The number of fused-ring (bicyclic) bond motifs is 1. The number of aromatic nitrogens is 2. The fourth-order valence-electron chi connectivity index (χ4n) is 3.44. The highest BCUT2D eigenvalue weighted by Crippen LogP contribution is 2.19. The molecule has 5 nitrogen and oxygen atoms in total. The Hall–Kier alpha value is -2.66. The molecule has 4 rings (SSSR count). The molecule has 1 aliphatic rings. The molecule has 1 amide bonds. The van der Waals surface area contributed by atoms with Crippen molar-refractivity contribution < 1.29 is 4.79 Å². The predicted octanol–water partition coefficient (Wildman–Crippen LogP) is 2.83. The van der Waals surface area contributed by atoms with Gasteiger partial charge >= 0.3 is 0 Å². The minimum Gasteiger partial charge on any atom is -0.345 e. The summed E-state index contributed by atoms with van der Waals surface area (Å²) >= 11 is 0. The lowest BCUT2D eigenvalue weighted by molar-refractivity contribution is 0.0630. The normalized spacial score (nSPS) is 15.6. The van der Waals surface area contributed by atoms with E-state index in [9.17, 15) is 4.79 Å². The van der Waals surface area contributed by atoms with E-state index in [-0.39, 0.29) is 5.91 Å². The van der Waals surface area contributed by atoms with Crippen LogP contribution in [0.1, 0.15) is 21.5 Å². The second-order valence-corrected chi connectivity index (χ2v) is 6.60. The number of carbonyl (C=O) groups excluding carboxylic acids is 1. The first kappa shape index (κ1) is 15.8. The van der Waals surface area contributed by atoms with E-state index >= 15 is 0 Å². The SMILES string of the molecule is Cc1ccccc1CN1CCN(C(=O)c2c[nH]c3ncccc23)CC1. The Bertz CT molecular complexity index is 893. The molecule has 0 saturated carbocycles. The molecule has 1 fully saturated rings. The number of hydrogen-bond acceptors (Lipinski definition) is 3. The number of aromatic amines is 1. The minimum atomic E-state index is 0.0924. The zero-order chi connectivity index (χ0) is 17.2. The van der Waals surface area contributed by atoms with Crippen molar-refractivity contribution in [2.75, 3.05) is 26.2 Å². The van der Waals surface area contributed by atoms with Crippen molar-refractivity contribution in [3.8, 4) is 0 Å². The largest absolute Gasteiger partial charge is 0.345 e. The van der Waals surface area contributed by atoms with E-state index in [2.05, 4.69) is 46.1 Å². The molecule has 0 radical (unpaired) electrons. The first-order valence-corrected chi connectivity index (χ1v) is 8.70. The number of aryl methyl sites for hydroxylation is 1. The van der Waals surface area contributed by atoms with Gasteiger partial charge in [0.2, 0.25) is 0 Å². The molecule has 0 aliphatic carbocycles. The van der Waals surface area contributed by atoms with Gasteiger partial charge in [0, 0.05) is 50.5 Å². The summed E-state index contributed by atoms with van der Waals surface area (Å²) in [6.07, 6.45) is 3.51. The van der Waals surface area contributed by atoms with Crippen molar-refractivity contribution in [2.45, 2.75) is 13.5 Å². The number of nitrogens with zero attached hydrogens (tertiary/aromatic N) is 3. The lowest BCUT2D eigenvalue weighted by atomic mass is 10.1. The standard InChI is InChI=1S/C20H22N4O/c1-15-5-2-3-6-16(15)14-23-9-11-24(12-10-23)20(25)18-13-22-19-17(18)7-4-8-21-19/h2-8,13H,9-12,14H2,1H3,(H,21,22). The maximum atomic E-state index is 12.9. The number of nitrogens with one attached hydrogen (secondary N) is 1. The number of benzene rings is 1. The van der Waals surface area contributed by atoms with Gasteiger partial charge in [-0.1, -0.05) is 24.3 Å². The van der Waals surface area contributed by atoms with Gasteiger partial charge < -0.3 is 9.88 Å². The lowest BCUT2D eigenvalue weighted by Crippen LogP contribution is -2.48. The number of piperazine rings is 1. The Morgan fingerprint density at radius 2 is 1.92 bits per heavy atom. The van der Waals surface area contributed by atoms with E-state index in [1.165, 1.54) is 11.1 Å². The summed E-state index contributed by atoms with van der Waals surface area (Å²) in [5.74, 6) is 0.0924. The topological polar surface area (TPSA) is 52.2 Å². The Morgan fingerprint density at radius 1 is 1.12 bits per heavy atom. The quantitative estimate of drug-likeness (QED) is 0.801. The molecule has 0 bridgehead atoms. The van der Waals surface area contributed by atoms with E-state index in [1.807, 2.05) is 17.0 Å². The third kappa shape index (κ3) is 3.15. The van der Waals surface area contributed by atoms with Crippen molar-refractivity contribution in [2.24, 2.45) is 0 Å². The average Bonchev–Trinajstić information content (AvgIpc) is 3.08. The molecule has 0 unspecified atom stereocenters. The van der Waals surface area contributed by atoms with Crippen LogP contribution in [-0.2, 0) is 6.54 Å². The van der Waals surface area contributed by atoms with Crippen LogP contribution in [0.25, 0.3) is 11.0 Å². The molecule has 128 valence electrons. The number of carbonyl (C=O) groups is 1. The highest BCUT2D eigenvalue weighted by molar-refractivity contribution is 6.05. The Labute approximate surface area is 147 Å². The third-order valence-corrected chi connectivity index (χ3v) is 5.00. The molecule has 3 heterocycles. The second kappa shape index (κ2) is 6.69. The van der Waals surface area contributed by atoms with Crippen molar-refractivity contribution >= 4 is 16.9 Å². The number of hydrogen-bond donors (Lipinski definition) is 1. The summed E-state index contributed by atoms with van der Waals surface area (Å²) in [6.45, 7) is 6.43. The van der Waals surface area contributed by atoms with Crippen molar-refractivity contribution in [1.29, 1.82) is 0 Å². The van der Waals surface area contributed by atoms with Gasteiger partial charge in [0.1, 0.15) is 5.65 Å². The molecule has 1 aromatic carbocycles. The molecular formula is C20H22N4O. The van der Waals surface area contributed by atoms with E-state index in [1.54, 1.807) is 12.4 Å².